The highest BCUT2D eigenvalue weighted by Gasteiger charge is 2.33. The highest BCUT2D eigenvalue weighted by atomic mass is 32.2. The van der Waals surface area contributed by atoms with E-state index in [-0.39, 0.29) is 11.3 Å². The van der Waals surface area contributed by atoms with Gasteiger partial charge in [-0.05, 0) is 48.4 Å². The third kappa shape index (κ3) is 2.71. The second kappa shape index (κ2) is 4.86. The van der Waals surface area contributed by atoms with Gasteiger partial charge in [-0.25, -0.2) is 13.2 Å². The molecule has 1 saturated carbocycles. The number of sulfonamides is 1. The van der Waals surface area contributed by atoms with Gasteiger partial charge < -0.3 is 5.11 Å². The van der Waals surface area contributed by atoms with Crippen molar-refractivity contribution in [2.45, 2.75) is 25.8 Å². The number of carboxylic acid groups (broad SMARTS) is 1. The second-order valence-electron chi connectivity index (χ2n) is 5.59. The van der Waals surface area contributed by atoms with E-state index >= 15 is 0 Å². The van der Waals surface area contributed by atoms with Gasteiger partial charge in [-0.15, -0.1) is 0 Å². The Morgan fingerprint density at radius 1 is 1.30 bits per heavy atom. The standard InChI is InChI=1S/C14H17NO4S/c16-14(17)12-4-3-11-5-6-15(8-13(11)7-12)20(18,19)9-10-1-2-10/h3-4,7,10H,1-2,5-6,8-9H2,(H,16,17). The predicted octanol–water partition coefficient (Wildman–Crippen LogP) is 1.48. The van der Waals surface area contributed by atoms with E-state index in [9.17, 15) is 13.2 Å². The number of fused-ring (bicyclic) bond motifs is 1. The summed E-state index contributed by atoms with van der Waals surface area (Å²) in [4.78, 5) is 11.0. The highest BCUT2D eigenvalue weighted by Crippen LogP contribution is 2.32. The lowest BCUT2D eigenvalue weighted by Gasteiger charge is -2.28. The molecule has 0 radical (unpaired) electrons. The molecule has 2 aliphatic rings. The van der Waals surface area contributed by atoms with E-state index in [0.717, 1.165) is 24.0 Å². The molecule has 108 valence electrons. The van der Waals surface area contributed by atoms with Gasteiger partial charge in [0, 0.05) is 13.1 Å². The van der Waals surface area contributed by atoms with Gasteiger partial charge in [0.25, 0.3) is 0 Å². The molecular weight excluding hydrogens is 278 g/mol. The molecule has 0 bridgehead atoms. The predicted molar refractivity (Wildman–Crippen MR) is 74.0 cm³/mol. The first kappa shape index (κ1) is 13.6. The van der Waals surface area contributed by atoms with Crippen molar-refractivity contribution in [2.24, 2.45) is 5.92 Å². The van der Waals surface area contributed by atoms with Crippen molar-refractivity contribution in [3.05, 3.63) is 34.9 Å². The molecular formula is C14H17NO4S. The summed E-state index contributed by atoms with van der Waals surface area (Å²) in [7, 11) is -3.21. The Labute approximate surface area is 118 Å². The molecule has 3 rings (SSSR count). The Morgan fingerprint density at radius 2 is 2.05 bits per heavy atom. The number of hydrogen-bond donors (Lipinski definition) is 1. The van der Waals surface area contributed by atoms with Crippen LogP contribution in [0.15, 0.2) is 18.2 Å². The Morgan fingerprint density at radius 3 is 2.70 bits per heavy atom. The van der Waals surface area contributed by atoms with Crippen molar-refractivity contribution >= 4 is 16.0 Å². The van der Waals surface area contributed by atoms with Crippen LogP contribution in [-0.2, 0) is 23.0 Å². The topological polar surface area (TPSA) is 74.7 Å². The quantitative estimate of drug-likeness (QED) is 0.913. The molecule has 0 spiro atoms. The van der Waals surface area contributed by atoms with E-state index in [4.69, 9.17) is 5.11 Å². The minimum absolute atomic E-state index is 0.213. The minimum atomic E-state index is -3.21. The molecule has 0 aromatic heterocycles. The molecule has 5 nitrogen and oxygen atoms in total. The van der Waals surface area contributed by atoms with Crippen LogP contribution in [-0.4, -0.2) is 36.1 Å². The van der Waals surface area contributed by atoms with E-state index in [1.54, 1.807) is 18.2 Å². The van der Waals surface area contributed by atoms with Gasteiger partial charge >= 0.3 is 5.97 Å². The lowest BCUT2D eigenvalue weighted by molar-refractivity contribution is 0.0696. The number of hydrogen-bond acceptors (Lipinski definition) is 3. The van der Waals surface area contributed by atoms with Crippen LogP contribution in [0, 0.1) is 5.92 Å². The normalized spacial score (nSPS) is 19.6. The summed E-state index contributed by atoms with van der Waals surface area (Å²) in [6.45, 7) is 0.792. The molecule has 0 unspecified atom stereocenters. The molecule has 1 heterocycles. The molecule has 1 aromatic carbocycles. The zero-order valence-corrected chi connectivity index (χ0v) is 11.9. The fourth-order valence-electron chi connectivity index (χ4n) is 2.59. The smallest absolute Gasteiger partial charge is 0.335 e. The lowest BCUT2D eigenvalue weighted by Crippen LogP contribution is -2.37. The summed E-state index contributed by atoms with van der Waals surface area (Å²) in [6, 6.07) is 4.97. The first-order valence-electron chi connectivity index (χ1n) is 6.78. The van der Waals surface area contributed by atoms with E-state index < -0.39 is 16.0 Å². The number of nitrogens with zero attached hydrogens (tertiary/aromatic N) is 1. The number of carbonyl (C=O) groups is 1. The van der Waals surface area contributed by atoms with Crippen LogP contribution in [0.4, 0.5) is 0 Å². The maximum Gasteiger partial charge on any atom is 0.335 e. The summed E-state index contributed by atoms with van der Waals surface area (Å²) in [6.07, 6.45) is 2.67. The first-order valence-corrected chi connectivity index (χ1v) is 8.39. The van der Waals surface area contributed by atoms with Crippen molar-refractivity contribution in [1.29, 1.82) is 0 Å². The summed E-state index contributed by atoms with van der Waals surface area (Å²) >= 11 is 0. The van der Waals surface area contributed by atoms with Crippen LogP contribution in [0.5, 0.6) is 0 Å². The molecule has 0 amide bonds. The molecule has 1 aliphatic heterocycles. The number of carboxylic acids is 1. The second-order valence-corrected chi connectivity index (χ2v) is 7.61. The van der Waals surface area contributed by atoms with E-state index in [0.29, 0.717) is 25.4 Å². The third-order valence-corrected chi connectivity index (χ3v) is 5.96. The zero-order valence-electron chi connectivity index (χ0n) is 11.1. The average molecular weight is 295 g/mol. The van der Waals surface area contributed by atoms with Crippen LogP contribution in [0.25, 0.3) is 0 Å². The number of aromatic carboxylic acids is 1. The number of benzene rings is 1. The van der Waals surface area contributed by atoms with Crippen molar-refractivity contribution in [3.8, 4) is 0 Å². The molecule has 6 heteroatoms. The van der Waals surface area contributed by atoms with Crippen LogP contribution < -0.4 is 0 Å². The van der Waals surface area contributed by atoms with Crippen LogP contribution in [0.3, 0.4) is 0 Å². The van der Waals surface area contributed by atoms with Gasteiger partial charge in [0.15, 0.2) is 0 Å². The van der Waals surface area contributed by atoms with Gasteiger partial charge in [0.1, 0.15) is 0 Å². The fourth-order valence-corrected chi connectivity index (χ4v) is 4.43. The van der Waals surface area contributed by atoms with E-state index in [1.165, 1.54) is 4.31 Å². The molecule has 1 fully saturated rings. The van der Waals surface area contributed by atoms with E-state index in [1.807, 2.05) is 0 Å². The number of rotatable bonds is 4. The van der Waals surface area contributed by atoms with Gasteiger partial charge in [-0.3, -0.25) is 0 Å². The average Bonchev–Trinajstić information content (AvgIpc) is 3.20. The third-order valence-electron chi connectivity index (χ3n) is 3.97. The molecule has 20 heavy (non-hydrogen) atoms. The molecule has 0 atom stereocenters. The van der Waals surface area contributed by atoms with E-state index in [2.05, 4.69) is 0 Å². The SMILES string of the molecule is O=C(O)c1ccc2c(c1)CN(S(=O)(=O)CC1CC1)CC2. The fraction of sp³-hybridized carbons (Fsp3) is 0.500. The Bertz CT molecular complexity index is 649. The largest absolute Gasteiger partial charge is 0.478 e. The van der Waals surface area contributed by atoms with Crippen molar-refractivity contribution in [3.63, 3.8) is 0 Å². The maximum absolute atomic E-state index is 12.3. The summed E-state index contributed by atoms with van der Waals surface area (Å²) in [5.41, 5.74) is 2.08. The van der Waals surface area contributed by atoms with Crippen molar-refractivity contribution in [2.75, 3.05) is 12.3 Å². The van der Waals surface area contributed by atoms with Crippen LogP contribution in [0.1, 0.15) is 34.3 Å². The minimum Gasteiger partial charge on any atom is -0.478 e. The first-order chi connectivity index (χ1) is 9.45. The summed E-state index contributed by atoms with van der Waals surface area (Å²) < 4.78 is 26.0. The monoisotopic (exact) mass is 295 g/mol. The Balaban J connectivity index is 1.83. The molecule has 1 N–H and O–H groups in total. The zero-order chi connectivity index (χ0) is 14.3. The van der Waals surface area contributed by atoms with Crippen LogP contribution >= 0.6 is 0 Å². The lowest BCUT2D eigenvalue weighted by atomic mass is 9.99. The Hall–Kier alpha value is -1.40. The Kier molecular flexibility index (Phi) is 3.30. The molecule has 0 saturated heterocycles. The van der Waals surface area contributed by atoms with Gasteiger partial charge in [-0.2, -0.15) is 4.31 Å². The van der Waals surface area contributed by atoms with Crippen molar-refractivity contribution in [1.82, 2.24) is 4.31 Å². The summed E-state index contributed by atoms with van der Waals surface area (Å²) in [5.74, 6) is -0.418. The molecule has 1 aliphatic carbocycles. The van der Waals surface area contributed by atoms with Gasteiger partial charge in [0.2, 0.25) is 10.0 Å². The van der Waals surface area contributed by atoms with Gasteiger partial charge in [-0.1, -0.05) is 6.07 Å². The maximum atomic E-state index is 12.3. The van der Waals surface area contributed by atoms with Crippen molar-refractivity contribution < 1.29 is 18.3 Å². The van der Waals surface area contributed by atoms with Gasteiger partial charge in [0.05, 0.1) is 11.3 Å². The van der Waals surface area contributed by atoms with Crippen LogP contribution in [0.2, 0.25) is 0 Å². The highest BCUT2D eigenvalue weighted by molar-refractivity contribution is 7.89. The summed E-state index contributed by atoms with van der Waals surface area (Å²) in [5, 5.41) is 9.01. The molecule has 1 aromatic rings.